The number of rotatable bonds is 5. The van der Waals surface area contributed by atoms with Gasteiger partial charge < -0.3 is 5.32 Å². The van der Waals surface area contributed by atoms with Crippen LogP contribution >= 0.6 is 11.6 Å². The van der Waals surface area contributed by atoms with Gasteiger partial charge in [-0.1, -0.05) is 19.8 Å². The summed E-state index contributed by atoms with van der Waals surface area (Å²) in [4.78, 5) is 12.5. The fourth-order valence-electron chi connectivity index (χ4n) is 1.65. The first-order valence-corrected chi connectivity index (χ1v) is 6.21. The molecule has 2 aromatic rings. The molecule has 0 atom stereocenters. The Morgan fingerprint density at radius 2 is 2.18 bits per heavy atom. The molecular weight excluding hydrogens is 236 g/mol. The maximum Gasteiger partial charge on any atom is 0.226 e. The number of hydrogen-bond acceptors (Lipinski definition) is 4. The van der Waals surface area contributed by atoms with Crippen LogP contribution in [0.25, 0.3) is 11.0 Å². The van der Waals surface area contributed by atoms with E-state index in [-0.39, 0.29) is 5.28 Å². The summed E-state index contributed by atoms with van der Waals surface area (Å²) in [7, 11) is 0. The highest BCUT2D eigenvalue weighted by Gasteiger charge is 2.06. The second-order valence-electron chi connectivity index (χ2n) is 3.85. The van der Waals surface area contributed by atoms with E-state index in [4.69, 9.17) is 11.6 Å². The van der Waals surface area contributed by atoms with E-state index in [1.165, 1.54) is 12.8 Å². The Hall–Kier alpha value is -1.42. The molecule has 2 rings (SSSR count). The van der Waals surface area contributed by atoms with Crippen LogP contribution in [0, 0.1) is 0 Å². The highest BCUT2D eigenvalue weighted by atomic mass is 35.5. The first-order valence-electron chi connectivity index (χ1n) is 5.83. The summed E-state index contributed by atoms with van der Waals surface area (Å²) in [6, 6.07) is 3.82. The van der Waals surface area contributed by atoms with Crippen molar-refractivity contribution in [1.82, 2.24) is 15.0 Å². The van der Waals surface area contributed by atoms with Gasteiger partial charge in [0.15, 0.2) is 5.65 Å². The van der Waals surface area contributed by atoms with Crippen LogP contribution in [0.4, 0.5) is 5.82 Å². The third kappa shape index (κ3) is 3.03. The number of unbranched alkanes of at least 4 members (excludes halogenated alkanes) is 2. The molecule has 0 amide bonds. The first kappa shape index (κ1) is 12.0. The molecule has 1 N–H and O–H groups in total. The molecule has 0 aliphatic heterocycles. The first-order chi connectivity index (χ1) is 8.31. The van der Waals surface area contributed by atoms with Gasteiger partial charge >= 0.3 is 0 Å². The van der Waals surface area contributed by atoms with Gasteiger partial charge in [0.1, 0.15) is 5.82 Å². The van der Waals surface area contributed by atoms with E-state index in [0.29, 0.717) is 5.65 Å². The van der Waals surface area contributed by atoms with Crippen molar-refractivity contribution in [2.45, 2.75) is 26.2 Å². The van der Waals surface area contributed by atoms with Gasteiger partial charge in [0, 0.05) is 12.7 Å². The SMILES string of the molecule is CCCCCNc1nc(Cl)nc2ncccc12. The Balaban J connectivity index is 2.20. The number of hydrogen-bond donors (Lipinski definition) is 1. The predicted octanol–water partition coefficient (Wildman–Crippen LogP) is 3.28. The van der Waals surface area contributed by atoms with Crippen LogP contribution in [0.2, 0.25) is 5.28 Å². The quantitative estimate of drug-likeness (QED) is 0.654. The van der Waals surface area contributed by atoms with E-state index in [1.807, 2.05) is 12.1 Å². The van der Waals surface area contributed by atoms with Crippen molar-refractivity contribution in [3.63, 3.8) is 0 Å². The maximum absolute atomic E-state index is 5.86. The number of halogens is 1. The minimum atomic E-state index is 0.231. The highest BCUT2D eigenvalue weighted by Crippen LogP contribution is 2.20. The Kier molecular flexibility index (Phi) is 4.09. The Labute approximate surface area is 105 Å². The van der Waals surface area contributed by atoms with Crippen molar-refractivity contribution in [2.75, 3.05) is 11.9 Å². The maximum atomic E-state index is 5.86. The molecule has 17 heavy (non-hydrogen) atoms. The molecule has 2 heterocycles. The molecule has 0 spiro atoms. The predicted molar refractivity (Wildman–Crippen MR) is 70.4 cm³/mol. The Bertz CT molecular complexity index is 501. The molecule has 0 fully saturated rings. The monoisotopic (exact) mass is 250 g/mol. The number of aromatic nitrogens is 3. The van der Waals surface area contributed by atoms with Gasteiger partial charge in [-0.3, -0.25) is 0 Å². The molecule has 5 heteroatoms. The minimum Gasteiger partial charge on any atom is -0.369 e. The van der Waals surface area contributed by atoms with Crippen molar-refractivity contribution >= 4 is 28.5 Å². The molecule has 0 aromatic carbocycles. The van der Waals surface area contributed by atoms with Crippen LogP contribution < -0.4 is 5.32 Å². The molecule has 0 aliphatic rings. The number of nitrogens with zero attached hydrogens (tertiary/aromatic N) is 3. The summed E-state index contributed by atoms with van der Waals surface area (Å²) in [5.41, 5.74) is 0.630. The van der Waals surface area contributed by atoms with Crippen LogP contribution in [0.1, 0.15) is 26.2 Å². The molecule has 4 nitrogen and oxygen atoms in total. The van der Waals surface area contributed by atoms with E-state index in [9.17, 15) is 0 Å². The average molecular weight is 251 g/mol. The van der Waals surface area contributed by atoms with E-state index < -0.39 is 0 Å². The molecular formula is C12H15ClN4. The molecule has 2 aromatic heterocycles. The van der Waals surface area contributed by atoms with Gasteiger partial charge in [-0.05, 0) is 30.2 Å². The zero-order chi connectivity index (χ0) is 12.1. The summed E-state index contributed by atoms with van der Waals surface area (Å²) in [6.07, 6.45) is 5.24. The van der Waals surface area contributed by atoms with E-state index >= 15 is 0 Å². The molecule has 0 unspecified atom stereocenters. The fraction of sp³-hybridized carbons (Fsp3) is 0.417. The van der Waals surface area contributed by atoms with Crippen molar-refractivity contribution < 1.29 is 0 Å². The van der Waals surface area contributed by atoms with Gasteiger partial charge in [-0.25, -0.2) is 9.97 Å². The summed E-state index contributed by atoms with van der Waals surface area (Å²) < 4.78 is 0. The van der Waals surface area contributed by atoms with E-state index in [2.05, 4.69) is 27.2 Å². The largest absolute Gasteiger partial charge is 0.369 e. The number of anilines is 1. The van der Waals surface area contributed by atoms with Crippen molar-refractivity contribution in [1.29, 1.82) is 0 Å². The van der Waals surface area contributed by atoms with Gasteiger partial charge in [0.25, 0.3) is 0 Å². The Morgan fingerprint density at radius 3 is 3.00 bits per heavy atom. The second-order valence-corrected chi connectivity index (χ2v) is 4.19. The zero-order valence-electron chi connectivity index (χ0n) is 9.78. The van der Waals surface area contributed by atoms with Gasteiger partial charge in [0.2, 0.25) is 5.28 Å². The van der Waals surface area contributed by atoms with Gasteiger partial charge in [0.05, 0.1) is 5.39 Å². The standard InChI is InChI=1S/C12H15ClN4/c1-2-3-4-7-14-10-9-6-5-8-15-11(9)17-12(13)16-10/h5-6,8H,2-4,7H2,1H3,(H,14,15,16,17). The Morgan fingerprint density at radius 1 is 1.29 bits per heavy atom. The molecule has 0 aliphatic carbocycles. The number of fused-ring (bicyclic) bond motifs is 1. The molecule has 0 saturated carbocycles. The van der Waals surface area contributed by atoms with Crippen LogP contribution in [0.5, 0.6) is 0 Å². The van der Waals surface area contributed by atoms with Crippen LogP contribution in [-0.2, 0) is 0 Å². The van der Waals surface area contributed by atoms with Crippen LogP contribution in [0.3, 0.4) is 0 Å². The molecule has 0 saturated heterocycles. The molecule has 90 valence electrons. The lowest BCUT2D eigenvalue weighted by Crippen LogP contribution is -2.05. The average Bonchev–Trinajstić information content (AvgIpc) is 2.34. The fourth-order valence-corrected chi connectivity index (χ4v) is 1.82. The van der Waals surface area contributed by atoms with Crippen molar-refractivity contribution in [2.24, 2.45) is 0 Å². The zero-order valence-corrected chi connectivity index (χ0v) is 10.5. The third-order valence-electron chi connectivity index (χ3n) is 2.52. The topological polar surface area (TPSA) is 50.7 Å². The van der Waals surface area contributed by atoms with Crippen molar-refractivity contribution in [3.8, 4) is 0 Å². The lowest BCUT2D eigenvalue weighted by molar-refractivity contribution is 0.742. The smallest absolute Gasteiger partial charge is 0.226 e. The van der Waals surface area contributed by atoms with E-state index in [1.54, 1.807) is 6.20 Å². The molecule has 0 bridgehead atoms. The normalized spacial score (nSPS) is 10.7. The lowest BCUT2D eigenvalue weighted by atomic mass is 10.2. The summed E-state index contributed by atoms with van der Waals surface area (Å²) in [5, 5.41) is 4.43. The highest BCUT2D eigenvalue weighted by molar-refractivity contribution is 6.28. The van der Waals surface area contributed by atoms with E-state index in [0.717, 1.165) is 24.2 Å². The number of nitrogens with one attached hydrogen (secondary N) is 1. The summed E-state index contributed by atoms with van der Waals surface area (Å²) in [5.74, 6) is 0.768. The van der Waals surface area contributed by atoms with Gasteiger partial charge in [-0.15, -0.1) is 0 Å². The molecule has 0 radical (unpaired) electrons. The lowest BCUT2D eigenvalue weighted by Gasteiger charge is -2.07. The third-order valence-corrected chi connectivity index (χ3v) is 2.69. The second kappa shape index (κ2) is 5.77. The minimum absolute atomic E-state index is 0.231. The number of pyridine rings is 1. The van der Waals surface area contributed by atoms with Crippen molar-refractivity contribution in [3.05, 3.63) is 23.6 Å². The summed E-state index contributed by atoms with van der Waals surface area (Å²) >= 11 is 5.86. The van der Waals surface area contributed by atoms with Crippen LogP contribution in [-0.4, -0.2) is 21.5 Å². The van der Waals surface area contributed by atoms with Crippen LogP contribution in [0.15, 0.2) is 18.3 Å². The van der Waals surface area contributed by atoms with Gasteiger partial charge in [-0.2, -0.15) is 4.98 Å². The summed E-state index contributed by atoms with van der Waals surface area (Å²) in [6.45, 7) is 3.08.